The van der Waals surface area contributed by atoms with Gasteiger partial charge in [0, 0.05) is 21.3 Å². The fraction of sp³-hybridized carbons (Fsp3) is 0.214. The van der Waals surface area contributed by atoms with E-state index in [1.54, 1.807) is 29.0 Å². The van der Waals surface area contributed by atoms with Crippen molar-refractivity contribution in [3.05, 3.63) is 54.5 Å². The van der Waals surface area contributed by atoms with E-state index in [4.69, 9.17) is 23.2 Å². The van der Waals surface area contributed by atoms with Crippen LogP contribution in [0.3, 0.4) is 0 Å². The van der Waals surface area contributed by atoms with Crippen molar-refractivity contribution < 1.29 is 0 Å². The van der Waals surface area contributed by atoms with Gasteiger partial charge in [-0.2, -0.15) is 0 Å². The summed E-state index contributed by atoms with van der Waals surface area (Å²) in [6.45, 7) is 4.09. The number of hydrogen-bond donors (Lipinski definition) is 1. The molecule has 2 nitrogen and oxygen atoms in total. The normalized spacial score (nSPS) is 16.5. The maximum Gasteiger partial charge on any atom is 0.107 e. The highest BCUT2D eigenvalue weighted by Crippen LogP contribution is 2.34. The molecule has 6 heteroatoms. The Balaban J connectivity index is 0.000000178. The van der Waals surface area contributed by atoms with Crippen LogP contribution in [0.15, 0.2) is 34.8 Å². The highest BCUT2D eigenvalue weighted by atomic mass is 35.5. The Hall–Kier alpha value is -0.810. The van der Waals surface area contributed by atoms with Crippen molar-refractivity contribution in [2.75, 3.05) is 0 Å². The lowest BCUT2D eigenvalue weighted by Gasteiger charge is -2.09. The van der Waals surface area contributed by atoms with E-state index in [0.717, 1.165) is 14.9 Å². The van der Waals surface area contributed by atoms with Gasteiger partial charge in [0.2, 0.25) is 0 Å². The third kappa shape index (κ3) is 4.35. The van der Waals surface area contributed by atoms with Crippen molar-refractivity contribution in [1.29, 1.82) is 0 Å². The van der Waals surface area contributed by atoms with Crippen LogP contribution in [0.25, 0.3) is 0 Å². The molecule has 0 saturated heterocycles. The van der Waals surface area contributed by atoms with E-state index >= 15 is 0 Å². The smallest absolute Gasteiger partial charge is 0.107 e. The van der Waals surface area contributed by atoms with Gasteiger partial charge in [0.15, 0.2) is 0 Å². The Kier molecular flexibility index (Phi) is 5.66. The molecule has 1 N–H and O–H groups in total. The molecule has 3 rings (SSSR count). The monoisotopic (exact) mass is 344 g/mol. The van der Waals surface area contributed by atoms with E-state index in [2.05, 4.69) is 17.2 Å². The summed E-state index contributed by atoms with van der Waals surface area (Å²) >= 11 is 15.0. The number of rotatable bonds is 1. The van der Waals surface area contributed by atoms with Crippen LogP contribution in [0.4, 0.5) is 0 Å². The Morgan fingerprint density at radius 3 is 2.40 bits per heavy atom. The van der Waals surface area contributed by atoms with Gasteiger partial charge in [0.05, 0.1) is 21.3 Å². The van der Waals surface area contributed by atoms with Crippen molar-refractivity contribution in [1.82, 2.24) is 5.32 Å². The minimum atomic E-state index is 0.0902. The fourth-order valence-corrected chi connectivity index (χ4v) is 3.95. The highest BCUT2D eigenvalue weighted by Gasteiger charge is 2.14. The van der Waals surface area contributed by atoms with Crippen LogP contribution < -0.4 is 5.32 Å². The summed E-state index contributed by atoms with van der Waals surface area (Å²) < 4.78 is 0. The summed E-state index contributed by atoms with van der Waals surface area (Å²) in [5, 5.41) is 6.49. The van der Waals surface area contributed by atoms with Gasteiger partial charge < -0.3 is 5.32 Å². The molecule has 0 saturated carbocycles. The van der Waals surface area contributed by atoms with Crippen LogP contribution in [0, 0.1) is 13.8 Å². The van der Waals surface area contributed by atoms with Gasteiger partial charge >= 0.3 is 0 Å². The lowest BCUT2D eigenvalue weighted by Crippen LogP contribution is -2.07. The van der Waals surface area contributed by atoms with Crippen molar-refractivity contribution in [2.45, 2.75) is 19.9 Å². The third-order valence-corrected chi connectivity index (χ3v) is 5.24. The molecule has 3 heterocycles. The number of hydrogen-bond acceptors (Lipinski definition) is 4. The Labute approximate surface area is 136 Å². The maximum atomic E-state index is 6.06. The second kappa shape index (κ2) is 7.27. The summed E-state index contributed by atoms with van der Waals surface area (Å²) in [6, 6.07) is 4.02. The molecule has 0 spiro atoms. The second-order valence-electron chi connectivity index (χ2n) is 4.19. The first-order valence-electron chi connectivity index (χ1n) is 5.97. The van der Waals surface area contributed by atoms with Crippen LogP contribution in [-0.2, 0) is 0 Å². The van der Waals surface area contributed by atoms with E-state index in [1.807, 2.05) is 36.7 Å². The van der Waals surface area contributed by atoms with Crippen molar-refractivity contribution in [2.24, 2.45) is 4.99 Å². The predicted molar refractivity (Wildman–Crippen MR) is 91.6 cm³/mol. The Morgan fingerprint density at radius 2 is 2.00 bits per heavy atom. The average Bonchev–Trinajstić information content (AvgIpc) is 2.96. The molecule has 20 heavy (non-hydrogen) atoms. The lowest BCUT2D eigenvalue weighted by atomic mass is 10.2. The van der Waals surface area contributed by atoms with Gasteiger partial charge in [0.1, 0.15) is 6.04 Å². The summed E-state index contributed by atoms with van der Waals surface area (Å²) in [5.41, 5.74) is 0. The van der Waals surface area contributed by atoms with Crippen LogP contribution in [0.5, 0.6) is 0 Å². The van der Waals surface area contributed by atoms with Crippen molar-refractivity contribution in [3.63, 3.8) is 0 Å². The van der Waals surface area contributed by atoms with E-state index in [1.165, 1.54) is 9.75 Å². The van der Waals surface area contributed by atoms with Gasteiger partial charge in [-0.1, -0.05) is 23.2 Å². The van der Waals surface area contributed by atoms with Gasteiger partial charge in [-0.15, -0.1) is 22.7 Å². The van der Waals surface area contributed by atoms with E-state index < -0.39 is 0 Å². The molecule has 1 atom stereocenters. The average molecular weight is 345 g/mol. The van der Waals surface area contributed by atoms with Gasteiger partial charge in [-0.05, 0) is 32.1 Å². The zero-order valence-corrected chi connectivity index (χ0v) is 14.2. The number of halogens is 2. The van der Waals surface area contributed by atoms with Crippen LogP contribution >= 0.6 is 45.9 Å². The SMILES string of the molecule is Cc1cc(Cl)c(C2C=CNC=N2)s1.Cc1cc(Cl)cs1. The molecule has 0 aliphatic carbocycles. The Bertz CT molecular complexity index is 600. The standard InChI is InChI=1S/C9H9ClN2S.C5H5ClS/c1-6-4-7(10)9(13-6)8-2-3-11-5-12-8;1-4-2-5(6)3-7-4/h2-5,8H,1H3,(H,11,12);2-3H,1H3. The molecular weight excluding hydrogens is 331 g/mol. The van der Waals surface area contributed by atoms with Crippen LogP contribution in [0.2, 0.25) is 10.0 Å². The molecule has 1 aliphatic rings. The molecule has 2 aromatic rings. The third-order valence-electron chi connectivity index (χ3n) is 2.49. The number of aryl methyl sites for hydroxylation is 2. The largest absolute Gasteiger partial charge is 0.353 e. The maximum absolute atomic E-state index is 6.06. The van der Waals surface area contributed by atoms with E-state index in [9.17, 15) is 0 Å². The second-order valence-corrected chi connectivity index (χ2v) is 7.44. The zero-order chi connectivity index (χ0) is 14.5. The molecule has 106 valence electrons. The predicted octanol–water partition coefficient (Wildman–Crippen LogP) is 5.61. The number of thiophene rings is 2. The minimum Gasteiger partial charge on any atom is -0.353 e. The molecule has 1 unspecified atom stereocenters. The summed E-state index contributed by atoms with van der Waals surface area (Å²) in [4.78, 5) is 7.89. The number of nitrogens with zero attached hydrogens (tertiary/aromatic N) is 1. The molecule has 2 aromatic heterocycles. The zero-order valence-electron chi connectivity index (χ0n) is 11.1. The molecule has 0 amide bonds. The van der Waals surface area contributed by atoms with Gasteiger partial charge in [0.25, 0.3) is 0 Å². The number of aliphatic imine (C=N–C) groups is 1. The molecular formula is C14H14Cl2N2S2. The first kappa shape index (κ1) is 15.6. The quantitative estimate of drug-likeness (QED) is 0.714. The van der Waals surface area contributed by atoms with Crippen LogP contribution in [-0.4, -0.2) is 6.34 Å². The fourth-order valence-electron chi connectivity index (χ4n) is 1.63. The molecule has 1 aliphatic heterocycles. The summed E-state index contributed by atoms with van der Waals surface area (Å²) in [5.74, 6) is 0. The van der Waals surface area contributed by atoms with E-state index in [-0.39, 0.29) is 6.04 Å². The summed E-state index contributed by atoms with van der Waals surface area (Å²) in [7, 11) is 0. The van der Waals surface area contributed by atoms with Crippen LogP contribution in [0.1, 0.15) is 20.7 Å². The van der Waals surface area contributed by atoms with Gasteiger partial charge in [-0.25, -0.2) is 0 Å². The first-order valence-corrected chi connectivity index (χ1v) is 8.42. The molecule has 0 radical (unpaired) electrons. The highest BCUT2D eigenvalue weighted by molar-refractivity contribution is 7.12. The molecule has 0 bridgehead atoms. The van der Waals surface area contributed by atoms with Crippen molar-refractivity contribution in [3.8, 4) is 0 Å². The minimum absolute atomic E-state index is 0.0902. The number of nitrogens with one attached hydrogen (secondary N) is 1. The lowest BCUT2D eigenvalue weighted by molar-refractivity contribution is 0.905. The first-order chi connectivity index (χ1) is 9.56. The van der Waals surface area contributed by atoms with E-state index in [0.29, 0.717) is 0 Å². The van der Waals surface area contributed by atoms with Crippen molar-refractivity contribution >= 4 is 52.2 Å². The Morgan fingerprint density at radius 1 is 1.20 bits per heavy atom. The topological polar surface area (TPSA) is 24.4 Å². The molecule has 0 fully saturated rings. The molecule has 0 aromatic carbocycles. The summed E-state index contributed by atoms with van der Waals surface area (Å²) in [6.07, 6.45) is 5.57. The van der Waals surface area contributed by atoms with Gasteiger partial charge in [-0.3, -0.25) is 4.99 Å².